The molecule has 0 aromatic rings. The van der Waals surface area contributed by atoms with Crippen molar-refractivity contribution in [3.05, 3.63) is 0 Å². The van der Waals surface area contributed by atoms with Crippen LogP contribution >= 0.6 is 0 Å². The largest absolute Gasteiger partial charge is 0.417 e. The second-order valence-electron chi connectivity index (χ2n) is 7.79. The summed E-state index contributed by atoms with van der Waals surface area (Å²) in [5.41, 5.74) is 0. The van der Waals surface area contributed by atoms with Crippen molar-refractivity contribution in [2.45, 2.75) is 70.4 Å². The minimum absolute atomic E-state index is 0.0747. The molecule has 1 heterocycles. The first-order valence-corrected chi connectivity index (χ1v) is 10.6. The fourth-order valence-corrected chi connectivity index (χ4v) is 4.15. The van der Waals surface area contributed by atoms with Gasteiger partial charge < -0.3 is 14.3 Å². The third kappa shape index (κ3) is 3.23. The number of aliphatic hydroxyl groups excluding tert-OH is 1. The van der Waals surface area contributed by atoms with Gasteiger partial charge in [0.15, 0.2) is 8.32 Å². The molecule has 0 spiro atoms. The number of fused-ring (bicyclic) bond motifs is 1. The van der Waals surface area contributed by atoms with Gasteiger partial charge in [-0.15, -0.1) is 0 Å². The summed E-state index contributed by atoms with van der Waals surface area (Å²) in [5.74, 6) is 1.25. The third-order valence-corrected chi connectivity index (χ3v) is 9.98. The van der Waals surface area contributed by atoms with Crippen molar-refractivity contribution in [1.82, 2.24) is 0 Å². The number of aliphatic hydroxyl groups is 1. The molecule has 4 atom stereocenters. The first-order valence-electron chi connectivity index (χ1n) is 7.65. The van der Waals surface area contributed by atoms with Crippen molar-refractivity contribution in [2.24, 2.45) is 11.8 Å². The van der Waals surface area contributed by atoms with Crippen LogP contribution in [-0.4, -0.2) is 38.8 Å². The summed E-state index contributed by atoms with van der Waals surface area (Å²) in [6.45, 7) is 12.6. The van der Waals surface area contributed by atoms with Gasteiger partial charge in [0.05, 0.1) is 18.8 Å². The molecule has 1 saturated carbocycles. The van der Waals surface area contributed by atoms with E-state index in [-0.39, 0.29) is 17.7 Å². The Kier molecular flexibility index (Phi) is 4.46. The molecule has 19 heavy (non-hydrogen) atoms. The highest BCUT2D eigenvalue weighted by Crippen LogP contribution is 2.44. The Labute approximate surface area is 118 Å². The fourth-order valence-electron chi connectivity index (χ4n) is 3.09. The SMILES string of the molecule is CC(C)(C)[Si](C)(C)OC[C@H]1CC[C@@H]2OC(CO)C[C@H]12. The average molecular weight is 286 g/mol. The van der Waals surface area contributed by atoms with Crippen LogP contribution < -0.4 is 0 Å². The number of ether oxygens (including phenoxy) is 1. The summed E-state index contributed by atoms with van der Waals surface area (Å²) in [4.78, 5) is 0. The summed E-state index contributed by atoms with van der Waals surface area (Å²) in [7, 11) is -1.63. The van der Waals surface area contributed by atoms with Gasteiger partial charge >= 0.3 is 0 Å². The van der Waals surface area contributed by atoms with E-state index in [0.29, 0.717) is 17.9 Å². The summed E-state index contributed by atoms with van der Waals surface area (Å²) >= 11 is 0. The standard InChI is InChI=1S/C15H30O3Si/c1-15(2,3)19(4,5)17-10-11-6-7-14-13(11)8-12(9-16)18-14/h11-14,16H,6-10H2,1-5H3/t11-,12?,13-,14+/m1/s1. The number of hydrogen-bond acceptors (Lipinski definition) is 3. The van der Waals surface area contributed by atoms with E-state index >= 15 is 0 Å². The average Bonchev–Trinajstić information content (AvgIpc) is 2.84. The van der Waals surface area contributed by atoms with E-state index in [0.717, 1.165) is 19.4 Å². The Morgan fingerprint density at radius 2 is 1.95 bits per heavy atom. The van der Waals surface area contributed by atoms with E-state index in [2.05, 4.69) is 33.9 Å². The van der Waals surface area contributed by atoms with Crippen molar-refractivity contribution >= 4 is 8.32 Å². The molecule has 1 saturated heterocycles. The molecule has 112 valence electrons. The summed E-state index contributed by atoms with van der Waals surface area (Å²) in [6, 6.07) is 0. The van der Waals surface area contributed by atoms with Gasteiger partial charge in [-0.3, -0.25) is 0 Å². The molecule has 1 aliphatic carbocycles. The van der Waals surface area contributed by atoms with Gasteiger partial charge in [0.25, 0.3) is 0 Å². The molecule has 4 heteroatoms. The zero-order chi connectivity index (χ0) is 14.3. The molecular weight excluding hydrogens is 256 g/mol. The van der Waals surface area contributed by atoms with Gasteiger partial charge in [-0.05, 0) is 49.2 Å². The van der Waals surface area contributed by atoms with E-state index in [1.165, 1.54) is 6.42 Å². The van der Waals surface area contributed by atoms with E-state index < -0.39 is 8.32 Å². The van der Waals surface area contributed by atoms with Crippen LogP contribution in [0.5, 0.6) is 0 Å². The van der Waals surface area contributed by atoms with Crippen molar-refractivity contribution in [2.75, 3.05) is 13.2 Å². The van der Waals surface area contributed by atoms with E-state index in [1.54, 1.807) is 0 Å². The smallest absolute Gasteiger partial charge is 0.191 e. The molecule has 2 rings (SSSR count). The molecule has 0 radical (unpaired) electrons. The highest BCUT2D eigenvalue weighted by Gasteiger charge is 2.45. The highest BCUT2D eigenvalue weighted by molar-refractivity contribution is 6.74. The van der Waals surface area contributed by atoms with Gasteiger partial charge in [0.2, 0.25) is 0 Å². The minimum Gasteiger partial charge on any atom is -0.417 e. The molecule has 0 aromatic carbocycles. The maximum Gasteiger partial charge on any atom is 0.191 e. The van der Waals surface area contributed by atoms with Crippen LogP contribution in [0.1, 0.15) is 40.0 Å². The van der Waals surface area contributed by atoms with Crippen molar-refractivity contribution in [3.63, 3.8) is 0 Å². The van der Waals surface area contributed by atoms with Crippen LogP contribution in [0.15, 0.2) is 0 Å². The normalized spacial score (nSPS) is 35.7. The molecule has 0 aromatic heterocycles. The maximum atomic E-state index is 9.22. The van der Waals surface area contributed by atoms with Crippen molar-refractivity contribution in [3.8, 4) is 0 Å². The lowest BCUT2D eigenvalue weighted by molar-refractivity contribution is 0.00883. The Morgan fingerprint density at radius 3 is 2.53 bits per heavy atom. The molecule has 3 nitrogen and oxygen atoms in total. The van der Waals surface area contributed by atoms with Gasteiger partial charge in [-0.25, -0.2) is 0 Å². The van der Waals surface area contributed by atoms with Crippen molar-refractivity contribution in [1.29, 1.82) is 0 Å². The Hall–Kier alpha value is 0.0969. The topological polar surface area (TPSA) is 38.7 Å². The van der Waals surface area contributed by atoms with E-state index in [9.17, 15) is 5.11 Å². The molecule has 1 aliphatic heterocycles. The lowest BCUT2D eigenvalue weighted by Crippen LogP contribution is -2.42. The molecule has 1 unspecified atom stereocenters. The lowest BCUT2D eigenvalue weighted by Gasteiger charge is -2.37. The predicted molar refractivity (Wildman–Crippen MR) is 79.7 cm³/mol. The van der Waals surface area contributed by atoms with Crippen LogP contribution in [0.25, 0.3) is 0 Å². The second kappa shape index (κ2) is 5.47. The van der Waals surface area contributed by atoms with Gasteiger partial charge in [-0.2, -0.15) is 0 Å². The quantitative estimate of drug-likeness (QED) is 0.807. The first-order chi connectivity index (χ1) is 8.74. The van der Waals surface area contributed by atoms with Crippen LogP contribution in [0, 0.1) is 11.8 Å². The lowest BCUT2D eigenvalue weighted by atomic mass is 9.92. The summed E-state index contributed by atoms with van der Waals surface area (Å²) in [6.07, 6.45) is 3.84. The first kappa shape index (κ1) is 15.5. The van der Waals surface area contributed by atoms with Crippen LogP contribution in [0.3, 0.4) is 0 Å². The Morgan fingerprint density at radius 1 is 1.26 bits per heavy atom. The second-order valence-corrected chi connectivity index (χ2v) is 12.6. The van der Waals surface area contributed by atoms with Crippen LogP contribution in [0.4, 0.5) is 0 Å². The monoisotopic (exact) mass is 286 g/mol. The van der Waals surface area contributed by atoms with Crippen LogP contribution in [-0.2, 0) is 9.16 Å². The molecule has 0 bridgehead atoms. The number of hydrogen-bond donors (Lipinski definition) is 1. The van der Waals surface area contributed by atoms with Gasteiger partial charge in [0, 0.05) is 6.61 Å². The van der Waals surface area contributed by atoms with Crippen molar-refractivity contribution < 1.29 is 14.3 Å². The molecule has 2 aliphatic rings. The molecule has 1 N–H and O–H groups in total. The highest BCUT2D eigenvalue weighted by atomic mass is 28.4. The Bertz CT molecular complexity index is 311. The summed E-state index contributed by atoms with van der Waals surface area (Å²) in [5, 5.41) is 9.51. The summed E-state index contributed by atoms with van der Waals surface area (Å²) < 4.78 is 12.2. The molecule has 0 amide bonds. The Balaban J connectivity index is 1.88. The minimum atomic E-state index is -1.63. The molecule has 2 fully saturated rings. The van der Waals surface area contributed by atoms with E-state index in [4.69, 9.17) is 9.16 Å². The zero-order valence-corrected chi connectivity index (χ0v) is 14.1. The van der Waals surface area contributed by atoms with Gasteiger partial charge in [-0.1, -0.05) is 20.8 Å². The molecular formula is C15H30O3Si. The van der Waals surface area contributed by atoms with Crippen LogP contribution in [0.2, 0.25) is 18.1 Å². The fraction of sp³-hybridized carbons (Fsp3) is 1.00. The third-order valence-electron chi connectivity index (χ3n) is 5.48. The zero-order valence-electron chi connectivity index (χ0n) is 13.1. The van der Waals surface area contributed by atoms with E-state index in [1.807, 2.05) is 0 Å². The maximum absolute atomic E-state index is 9.22. The predicted octanol–water partition coefficient (Wildman–Crippen LogP) is 3.18. The van der Waals surface area contributed by atoms with Gasteiger partial charge in [0.1, 0.15) is 0 Å². The number of rotatable bonds is 4.